The molecule has 7 nitrogen and oxygen atoms in total. The van der Waals surface area contributed by atoms with Crippen molar-refractivity contribution in [2.24, 2.45) is 0 Å². The zero-order chi connectivity index (χ0) is 18.7. The predicted molar refractivity (Wildman–Crippen MR) is 90.1 cm³/mol. The van der Waals surface area contributed by atoms with Crippen LogP contribution in [0.25, 0.3) is 0 Å². The van der Waals surface area contributed by atoms with Crippen LogP contribution in [0, 0.1) is 0 Å². The van der Waals surface area contributed by atoms with Gasteiger partial charge in [-0.15, -0.1) is 0 Å². The molecule has 132 valence electrons. The highest BCUT2D eigenvalue weighted by molar-refractivity contribution is 6.22. The number of fused-ring (bicyclic) bond motifs is 1. The highest BCUT2D eigenvalue weighted by atomic mass is 16.5. The van der Waals surface area contributed by atoms with E-state index >= 15 is 0 Å². The number of carbonyl (C=O) groups is 4. The average Bonchev–Trinajstić information content (AvgIpc) is 2.91. The molecule has 0 unspecified atom stereocenters. The minimum atomic E-state index is -0.837. The van der Waals surface area contributed by atoms with Gasteiger partial charge in [-0.25, -0.2) is 0 Å². The highest BCUT2D eigenvalue weighted by Gasteiger charge is 2.36. The largest absolute Gasteiger partial charge is 0.497 e. The van der Waals surface area contributed by atoms with Gasteiger partial charge in [-0.05, 0) is 24.3 Å². The van der Waals surface area contributed by atoms with Crippen molar-refractivity contribution in [1.29, 1.82) is 0 Å². The number of carbonyl (C=O) groups excluding carboxylic acids is 4. The molecule has 0 atom stereocenters. The number of amides is 2. The van der Waals surface area contributed by atoms with Crippen LogP contribution < -0.4 is 4.74 Å². The molecule has 0 bridgehead atoms. The van der Waals surface area contributed by atoms with Crippen LogP contribution in [0.4, 0.5) is 0 Å². The average molecular weight is 353 g/mol. The van der Waals surface area contributed by atoms with Gasteiger partial charge in [0.1, 0.15) is 12.3 Å². The topological polar surface area (TPSA) is 90.0 Å². The number of benzene rings is 2. The van der Waals surface area contributed by atoms with Gasteiger partial charge in [-0.3, -0.25) is 24.1 Å². The molecule has 26 heavy (non-hydrogen) atoms. The van der Waals surface area contributed by atoms with E-state index in [1.807, 2.05) is 0 Å². The van der Waals surface area contributed by atoms with Gasteiger partial charge in [0.15, 0.2) is 12.4 Å². The molecule has 3 rings (SSSR count). The molecule has 0 N–H and O–H groups in total. The summed E-state index contributed by atoms with van der Waals surface area (Å²) in [5.41, 5.74) is 0.827. The molecule has 2 aromatic carbocycles. The quantitative estimate of drug-likeness (QED) is 0.446. The van der Waals surface area contributed by atoms with E-state index in [9.17, 15) is 19.2 Å². The van der Waals surface area contributed by atoms with Crippen LogP contribution in [0.15, 0.2) is 48.5 Å². The number of methoxy groups -OCH3 is 1. The standard InChI is InChI=1S/C19H15NO6/c1-25-13-6-4-5-12(9-13)16(21)11-26-17(22)10-20-18(23)14-7-2-3-8-15(14)19(20)24/h2-9H,10-11H2,1H3. The van der Waals surface area contributed by atoms with E-state index in [1.54, 1.807) is 30.3 Å². The van der Waals surface area contributed by atoms with Crippen molar-refractivity contribution in [2.45, 2.75) is 0 Å². The zero-order valence-electron chi connectivity index (χ0n) is 13.9. The lowest BCUT2D eigenvalue weighted by Crippen LogP contribution is -2.36. The van der Waals surface area contributed by atoms with Crippen molar-refractivity contribution < 1.29 is 28.7 Å². The maximum absolute atomic E-state index is 12.2. The van der Waals surface area contributed by atoms with Crippen molar-refractivity contribution in [2.75, 3.05) is 20.3 Å². The second-order valence-corrected chi connectivity index (χ2v) is 5.56. The summed E-state index contributed by atoms with van der Waals surface area (Å²) in [5.74, 6) is -1.85. The predicted octanol–water partition coefficient (Wildman–Crippen LogP) is 1.72. The van der Waals surface area contributed by atoms with Gasteiger partial charge in [-0.2, -0.15) is 0 Å². The summed E-state index contributed by atoms with van der Waals surface area (Å²) in [6, 6.07) is 12.7. The number of nitrogens with zero attached hydrogens (tertiary/aromatic N) is 1. The van der Waals surface area contributed by atoms with Crippen molar-refractivity contribution >= 4 is 23.6 Å². The summed E-state index contributed by atoms with van der Waals surface area (Å²) in [4.78, 5) is 49.2. The van der Waals surface area contributed by atoms with Crippen LogP contribution in [0.3, 0.4) is 0 Å². The summed E-state index contributed by atoms with van der Waals surface area (Å²) in [6.07, 6.45) is 0. The van der Waals surface area contributed by atoms with Gasteiger partial charge in [0.2, 0.25) is 0 Å². The first kappa shape index (κ1) is 17.3. The fraction of sp³-hybridized carbons (Fsp3) is 0.158. The SMILES string of the molecule is COc1cccc(C(=O)COC(=O)CN2C(=O)c3ccccc3C2=O)c1. The van der Waals surface area contributed by atoms with Crippen LogP contribution in [0.5, 0.6) is 5.75 Å². The van der Waals surface area contributed by atoms with Crippen LogP contribution in [-0.2, 0) is 9.53 Å². The molecule has 0 fully saturated rings. The second kappa shape index (κ2) is 7.18. The number of hydrogen-bond donors (Lipinski definition) is 0. The van der Waals surface area contributed by atoms with E-state index in [-0.39, 0.29) is 11.1 Å². The molecule has 1 aliphatic heterocycles. The summed E-state index contributed by atoms with van der Waals surface area (Å²) in [7, 11) is 1.48. The minimum absolute atomic E-state index is 0.248. The van der Waals surface area contributed by atoms with Gasteiger partial charge in [-0.1, -0.05) is 24.3 Å². The van der Waals surface area contributed by atoms with E-state index in [0.29, 0.717) is 11.3 Å². The Kier molecular flexibility index (Phi) is 4.79. The Morgan fingerprint density at radius 1 is 0.962 bits per heavy atom. The summed E-state index contributed by atoms with van der Waals surface area (Å²) in [6.45, 7) is -1.03. The normalized spacial score (nSPS) is 12.7. The second-order valence-electron chi connectivity index (χ2n) is 5.56. The number of esters is 1. The summed E-state index contributed by atoms with van der Waals surface area (Å²) < 4.78 is 9.95. The molecule has 2 aromatic rings. The maximum Gasteiger partial charge on any atom is 0.326 e. The van der Waals surface area contributed by atoms with Gasteiger partial charge < -0.3 is 9.47 Å². The maximum atomic E-state index is 12.2. The van der Waals surface area contributed by atoms with Crippen LogP contribution in [0.2, 0.25) is 0 Å². The van der Waals surface area contributed by atoms with E-state index in [1.165, 1.54) is 25.3 Å². The Labute approximate surface area is 149 Å². The van der Waals surface area contributed by atoms with E-state index in [4.69, 9.17) is 9.47 Å². The number of Topliss-reactive ketones (excluding diaryl/α,β-unsaturated/α-hetero) is 1. The van der Waals surface area contributed by atoms with E-state index in [2.05, 4.69) is 0 Å². The first-order valence-electron chi connectivity index (χ1n) is 7.79. The van der Waals surface area contributed by atoms with E-state index in [0.717, 1.165) is 4.90 Å². The molecule has 0 spiro atoms. The Morgan fingerprint density at radius 2 is 1.62 bits per heavy atom. The number of imide groups is 1. The number of hydrogen-bond acceptors (Lipinski definition) is 6. The lowest BCUT2D eigenvalue weighted by Gasteiger charge is -2.12. The monoisotopic (exact) mass is 353 g/mol. The molecule has 1 heterocycles. The lowest BCUT2D eigenvalue weighted by atomic mass is 10.1. The van der Waals surface area contributed by atoms with Gasteiger partial charge >= 0.3 is 5.97 Å². The van der Waals surface area contributed by atoms with Gasteiger partial charge in [0, 0.05) is 5.56 Å². The summed E-state index contributed by atoms with van der Waals surface area (Å²) in [5, 5.41) is 0. The Hall–Kier alpha value is -3.48. The van der Waals surface area contributed by atoms with Crippen LogP contribution >= 0.6 is 0 Å². The fourth-order valence-corrected chi connectivity index (χ4v) is 2.58. The Morgan fingerprint density at radius 3 is 2.23 bits per heavy atom. The highest BCUT2D eigenvalue weighted by Crippen LogP contribution is 2.22. The molecule has 0 radical (unpaired) electrons. The molecule has 0 aliphatic carbocycles. The molecular formula is C19H15NO6. The van der Waals surface area contributed by atoms with Crippen molar-refractivity contribution in [1.82, 2.24) is 4.90 Å². The van der Waals surface area contributed by atoms with Crippen molar-refractivity contribution in [3.8, 4) is 5.75 Å². The van der Waals surface area contributed by atoms with Crippen molar-refractivity contribution in [3.05, 3.63) is 65.2 Å². The first-order valence-corrected chi connectivity index (χ1v) is 7.79. The lowest BCUT2D eigenvalue weighted by molar-refractivity contribution is -0.142. The Bertz CT molecular complexity index is 869. The number of rotatable bonds is 6. The molecule has 0 saturated heterocycles. The Balaban J connectivity index is 1.59. The van der Waals surface area contributed by atoms with Crippen LogP contribution in [-0.4, -0.2) is 48.7 Å². The fourth-order valence-electron chi connectivity index (χ4n) is 2.58. The molecule has 1 aliphatic rings. The molecule has 7 heteroatoms. The third-order valence-electron chi connectivity index (χ3n) is 3.92. The van der Waals surface area contributed by atoms with Gasteiger partial charge in [0.25, 0.3) is 11.8 Å². The van der Waals surface area contributed by atoms with Crippen molar-refractivity contribution in [3.63, 3.8) is 0 Å². The molecule has 0 aromatic heterocycles. The third-order valence-corrected chi connectivity index (χ3v) is 3.92. The minimum Gasteiger partial charge on any atom is -0.497 e. The van der Waals surface area contributed by atoms with E-state index < -0.39 is 36.7 Å². The number of ketones is 1. The first-order chi connectivity index (χ1) is 12.5. The number of ether oxygens (including phenoxy) is 2. The van der Waals surface area contributed by atoms with Crippen LogP contribution in [0.1, 0.15) is 31.1 Å². The summed E-state index contributed by atoms with van der Waals surface area (Å²) >= 11 is 0. The molecule has 0 saturated carbocycles. The molecule has 2 amide bonds. The third kappa shape index (κ3) is 3.32. The smallest absolute Gasteiger partial charge is 0.326 e. The zero-order valence-corrected chi connectivity index (χ0v) is 13.9. The van der Waals surface area contributed by atoms with Gasteiger partial charge in [0.05, 0.1) is 18.2 Å². The molecular weight excluding hydrogens is 338 g/mol.